The minimum atomic E-state index is 0.573. The van der Waals surface area contributed by atoms with Crippen molar-refractivity contribution in [1.29, 1.82) is 0 Å². The first-order valence-electron chi connectivity index (χ1n) is 15.9. The van der Waals surface area contributed by atoms with E-state index in [1.165, 1.54) is 0 Å². The topological polar surface area (TPSA) is 65.0 Å². The van der Waals surface area contributed by atoms with Crippen molar-refractivity contribution in [3.8, 4) is 45.3 Å². The van der Waals surface area contributed by atoms with Gasteiger partial charge in [-0.15, -0.1) is 0 Å². The molecular formula is C43H25N3O2. The van der Waals surface area contributed by atoms with Crippen molar-refractivity contribution in [3.63, 3.8) is 0 Å². The standard InChI is InChI=1S/C43H25N3O2/c1-2-12-27(13-3-1)30-16-8-21-36-39(30)40-33(18-10-22-37(40)48-36)43-45-41(29-24-23-26-11-4-5-14-28(26)25-29)44-42(46-43)32-17-9-20-35-38(32)31-15-6-7-19-34(31)47-35/h1-25H. The first-order chi connectivity index (χ1) is 23.8. The Hall–Kier alpha value is -6.59. The Morgan fingerprint density at radius 2 is 0.875 bits per heavy atom. The fraction of sp³-hybridized carbons (Fsp3) is 0. The molecule has 224 valence electrons. The van der Waals surface area contributed by atoms with E-state index in [1.54, 1.807) is 0 Å². The summed E-state index contributed by atoms with van der Waals surface area (Å²) in [4.78, 5) is 15.6. The van der Waals surface area contributed by atoms with Gasteiger partial charge in [-0.1, -0.05) is 121 Å². The third kappa shape index (κ3) is 4.15. The predicted molar refractivity (Wildman–Crippen MR) is 194 cm³/mol. The molecule has 0 saturated heterocycles. The highest BCUT2D eigenvalue weighted by Gasteiger charge is 2.21. The molecule has 0 unspecified atom stereocenters. The molecule has 0 aliphatic rings. The molecule has 0 amide bonds. The SMILES string of the molecule is c1ccc(-c2cccc3oc4cccc(-c5nc(-c6ccc7ccccc7c6)nc(-c6cccc7oc8ccccc8c67)n5)c4c23)cc1. The summed E-state index contributed by atoms with van der Waals surface area (Å²) in [5.41, 5.74) is 8.11. The highest BCUT2D eigenvalue weighted by atomic mass is 16.3. The molecule has 5 nitrogen and oxygen atoms in total. The second kappa shape index (κ2) is 10.5. The smallest absolute Gasteiger partial charge is 0.164 e. The third-order valence-electron chi connectivity index (χ3n) is 9.13. The molecule has 0 aliphatic heterocycles. The van der Waals surface area contributed by atoms with Crippen molar-refractivity contribution in [2.45, 2.75) is 0 Å². The minimum absolute atomic E-state index is 0.573. The maximum absolute atomic E-state index is 6.47. The third-order valence-corrected chi connectivity index (χ3v) is 9.13. The molecule has 0 atom stereocenters. The number of hydrogen-bond acceptors (Lipinski definition) is 5. The maximum atomic E-state index is 6.47. The lowest BCUT2D eigenvalue weighted by Crippen LogP contribution is -2.01. The molecule has 5 heteroatoms. The number of para-hydroxylation sites is 1. The average Bonchev–Trinajstić information content (AvgIpc) is 3.73. The molecule has 0 spiro atoms. The lowest BCUT2D eigenvalue weighted by molar-refractivity contribution is 0.668. The van der Waals surface area contributed by atoms with Crippen molar-refractivity contribution in [1.82, 2.24) is 15.0 Å². The van der Waals surface area contributed by atoms with E-state index in [0.29, 0.717) is 17.5 Å². The van der Waals surface area contributed by atoms with Gasteiger partial charge in [-0.25, -0.2) is 15.0 Å². The fourth-order valence-electron chi connectivity index (χ4n) is 6.95. The Bertz CT molecular complexity index is 2850. The van der Waals surface area contributed by atoms with Crippen molar-refractivity contribution >= 4 is 54.6 Å². The summed E-state index contributed by atoms with van der Waals surface area (Å²) >= 11 is 0. The molecule has 10 aromatic rings. The zero-order chi connectivity index (χ0) is 31.6. The van der Waals surface area contributed by atoms with E-state index in [-0.39, 0.29) is 0 Å². The second-order valence-electron chi connectivity index (χ2n) is 12.0. The Balaban J connectivity index is 1.29. The number of benzene rings is 7. The summed E-state index contributed by atoms with van der Waals surface area (Å²) in [5.74, 6) is 1.75. The quantitative estimate of drug-likeness (QED) is 0.197. The summed E-state index contributed by atoms with van der Waals surface area (Å²) in [7, 11) is 0. The van der Waals surface area contributed by atoms with Crippen molar-refractivity contribution < 1.29 is 8.83 Å². The van der Waals surface area contributed by atoms with Gasteiger partial charge in [0.1, 0.15) is 22.3 Å². The van der Waals surface area contributed by atoms with E-state index >= 15 is 0 Å². The van der Waals surface area contributed by atoms with Gasteiger partial charge in [0.25, 0.3) is 0 Å². The Morgan fingerprint density at radius 1 is 0.333 bits per heavy atom. The lowest BCUT2D eigenvalue weighted by Gasteiger charge is -2.11. The van der Waals surface area contributed by atoms with Crippen LogP contribution in [0.4, 0.5) is 0 Å². The van der Waals surface area contributed by atoms with Gasteiger partial charge >= 0.3 is 0 Å². The molecule has 0 radical (unpaired) electrons. The molecule has 0 aliphatic carbocycles. The number of nitrogens with zero attached hydrogens (tertiary/aromatic N) is 3. The van der Waals surface area contributed by atoms with E-state index in [0.717, 1.165) is 82.5 Å². The largest absolute Gasteiger partial charge is 0.456 e. The molecule has 10 rings (SSSR count). The summed E-state index contributed by atoms with van der Waals surface area (Å²) in [5, 5.41) is 6.29. The van der Waals surface area contributed by atoms with Crippen LogP contribution in [0.2, 0.25) is 0 Å². The monoisotopic (exact) mass is 615 g/mol. The Kier molecular flexibility index (Phi) is 5.81. The molecular weight excluding hydrogens is 590 g/mol. The van der Waals surface area contributed by atoms with Gasteiger partial charge in [0, 0.05) is 38.2 Å². The zero-order valence-corrected chi connectivity index (χ0v) is 25.6. The molecule has 0 fully saturated rings. The minimum Gasteiger partial charge on any atom is -0.456 e. The molecule has 0 bridgehead atoms. The molecule has 3 heterocycles. The molecule has 3 aromatic heterocycles. The van der Waals surface area contributed by atoms with Crippen LogP contribution in [0.15, 0.2) is 160 Å². The van der Waals surface area contributed by atoms with Crippen LogP contribution in [0.25, 0.3) is 99.9 Å². The summed E-state index contributed by atoms with van der Waals surface area (Å²) in [6.45, 7) is 0. The number of rotatable bonds is 4. The Morgan fingerprint density at radius 3 is 1.65 bits per heavy atom. The van der Waals surface area contributed by atoms with Gasteiger partial charge in [-0.05, 0) is 52.2 Å². The van der Waals surface area contributed by atoms with Gasteiger partial charge in [-0.2, -0.15) is 0 Å². The first kappa shape index (κ1) is 26.6. The van der Waals surface area contributed by atoms with Crippen molar-refractivity contribution in [3.05, 3.63) is 152 Å². The van der Waals surface area contributed by atoms with Crippen LogP contribution in [0.5, 0.6) is 0 Å². The van der Waals surface area contributed by atoms with Crippen LogP contribution in [-0.2, 0) is 0 Å². The molecule has 48 heavy (non-hydrogen) atoms. The highest BCUT2D eigenvalue weighted by molar-refractivity contribution is 6.17. The highest BCUT2D eigenvalue weighted by Crippen LogP contribution is 2.42. The predicted octanol–water partition coefficient (Wildman–Crippen LogP) is 11.5. The Labute approximate surface area is 274 Å². The van der Waals surface area contributed by atoms with E-state index in [9.17, 15) is 0 Å². The van der Waals surface area contributed by atoms with Gasteiger partial charge < -0.3 is 8.83 Å². The van der Waals surface area contributed by atoms with Gasteiger partial charge in [0.15, 0.2) is 17.5 Å². The van der Waals surface area contributed by atoms with Crippen LogP contribution in [-0.4, -0.2) is 15.0 Å². The van der Waals surface area contributed by atoms with Crippen LogP contribution < -0.4 is 0 Å². The molecule has 0 saturated carbocycles. The van der Waals surface area contributed by atoms with Crippen molar-refractivity contribution in [2.75, 3.05) is 0 Å². The number of furan rings is 2. The van der Waals surface area contributed by atoms with Crippen LogP contribution in [0, 0.1) is 0 Å². The van der Waals surface area contributed by atoms with Gasteiger partial charge in [0.05, 0.1) is 0 Å². The molecule has 7 aromatic carbocycles. The number of fused-ring (bicyclic) bond motifs is 7. The average molecular weight is 616 g/mol. The summed E-state index contributed by atoms with van der Waals surface area (Å²) in [6.07, 6.45) is 0. The maximum Gasteiger partial charge on any atom is 0.164 e. The van der Waals surface area contributed by atoms with Gasteiger partial charge in [0.2, 0.25) is 0 Å². The second-order valence-corrected chi connectivity index (χ2v) is 12.0. The normalized spacial score (nSPS) is 11.8. The van der Waals surface area contributed by atoms with E-state index in [1.807, 2.05) is 60.7 Å². The van der Waals surface area contributed by atoms with E-state index < -0.39 is 0 Å². The number of aromatic nitrogens is 3. The van der Waals surface area contributed by atoms with Crippen LogP contribution >= 0.6 is 0 Å². The lowest BCUT2D eigenvalue weighted by atomic mass is 9.97. The summed E-state index contributed by atoms with van der Waals surface area (Å²) in [6, 6.07) is 51.6. The first-order valence-corrected chi connectivity index (χ1v) is 15.9. The van der Waals surface area contributed by atoms with E-state index in [2.05, 4.69) is 91.0 Å². The van der Waals surface area contributed by atoms with Crippen LogP contribution in [0.1, 0.15) is 0 Å². The zero-order valence-electron chi connectivity index (χ0n) is 25.6. The van der Waals surface area contributed by atoms with Crippen LogP contribution in [0.3, 0.4) is 0 Å². The fourth-order valence-corrected chi connectivity index (χ4v) is 6.95. The van der Waals surface area contributed by atoms with E-state index in [4.69, 9.17) is 23.8 Å². The summed E-state index contributed by atoms with van der Waals surface area (Å²) < 4.78 is 12.7. The van der Waals surface area contributed by atoms with Crippen molar-refractivity contribution in [2.24, 2.45) is 0 Å². The van der Waals surface area contributed by atoms with Gasteiger partial charge in [-0.3, -0.25) is 0 Å². The number of hydrogen-bond donors (Lipinski definition) is 0. The molecule has 0 N–H and O–H groups in total.